The predicted molar refractivity (Wildman–Crippen MR) is 64.8 cm³/mol. The third-order valence-electron chi connectivity index (χ3n) is 1.12. The molecule has 0 heterocycles. The highest BCUT2D eigenvalue weighted by Gasteiger charge is 2.12. The van der Waals surface area contributed by atoms with Crippen LogP contribution in [0, 0.1) is 5.41 Å². The van der Waals surface area contributed by atoms with E-state index >= 15 is 0 Å². The Morgan fingerprint density at radius 2 is 1.31 bits per heavy atom. The van der Waals surface area contributed by atoms with Gasteiger partial charge in [-0.05, 0) is 13.8 Å². The standard InChI is InChI=1S/C8H16N.2C2H6/c1-6-8(2,3)7-9(4)5;2*1-2/h6-7H,1H2,2-5H3;2*1-2H3/q+1;;. The zero-order valence-electron chi connectivity index (χ0n) is 10.8. The van der Waals surface area contributed by atoms with E-state index in [1.165, 1.54) is 0 Å². The van der Waals surface area contributed by atoms with Crippen molar-refractivity contribution in [3.63, 3.8) is 0 Å². The van der Waals surface area contributed by atoms with E-state index in [2.05, 4.69) is 26.6 Å². The van der Waals surface area contributed by atoms with Gasteiger partial charge in [0.2, 0.25) is 0 Å². The van der Waals surface area contributed by atoms with Crippen LogP contribution in [0.3, 0.4) is 0 Å². The summed E-state index contributed by atoms with van der Waals surface area (Å²) in [7, 11) is 4.04. The molecule has 0 amide bonds. The first-order valence-electron chi connectivity index (χ1n) is 5.14. The summed E-state index contributed by atoms with van der Waals surface area (Å²) in [5.41, 5.74) is 0.128. The van der Waals surface area contributed by atoms with Crippen LogP contribution in [0.25, 0.3) is 0 Å². The summed E-state index contributed by atoms with van der Waals surface area (Å²) >= 11 is 0. The van der Waals surface area contributed by atoms with Gasteiger partial charge in [-0.25, -0.2) is 4.58 Å². The highest BCUT2D eigenvalue weighted by molar-refractivity contribution is 5.62. The molecule has 0 aliphatic heterocycles. The van der Waals surface area contributed by atoms with Gasteiger partial charge in [-0.2, -0.15) is 0 Å². The van der Waals surface area contributed by atoms with Crippen molar-refractivity contribution >= 4 is 6.21 Å². The number of hydrogen-bond donors (Lipinski definition) is 0. The second-order valence-electron chi connectivity index (χ2n) is 3.12. The smallest absolute Gasteiger partial charge is 0.148 e. The van der Waals surface area contributed by atoms with Crippen molar-refractivity contribution in [1.82, 2.24) is 0 Å². The average Bonchev–Trinajstić information content (AvgIpc) is 2.10. The molecule has 0 bridgehead atoms. The maximum atomic E-state index is 3.73. The van der Waals surface area contributed by atoms with E-state index in [1.807, 2.05) is 52.4 Å². The lowest BCUT2D eigenvalue weighted by atomic mass is 9.96. The first-order chi connectivity index (χ1) is 5.98. The Labute approximate surface area is 85.2 Å². The number of allylic oxidation sites excluding steroid dienone is 1. The topological polar surface area (TPSA) is 3.01 Å². The Balaban J connectivity index is -0.000000218. The Hall–Kier alpha value is -0.590. The molecule has 0 atom stereocenters. The molecule has 0 N–H and O–H groups in total. The summed E-state index contributed by atoms with van der Waals surface area (Å²) in [4.78, 5) is 0. The molecule has 13 heavy (non-hydrogen) atoms. The Kier molecular flexibility index (Phi) is 16.0. The third-order valence-corrected chi connectivity index (χ3v) is 1.12. The van der Waals surface area contributed by atoms with Gasteiger partial charge in [0.25, 0.3) is 0 Å². The van der Waals surface area contributed by atoms with E-state index in [1.54, 1.807) is 0 Å². The van der Waals surface area contributed by atoms with E-state index in [9.17, 15) is 0 Å². The van der Waals surface area contributed by atoms with Gasteiger partial charge in [0, 0.05) is 0 Å². The van der Waals surface area contributed by atoms with Crippen molar-refractivity contribution in [1.29, 1.82) is 0 Å². The van der Waals surface area contributed by atoms with Gasteiger partial charge >= 0.3 is 0 Å². The largest absolute Gasteiger partial charge is 0.244 e. The fourth-order valence-electron chi connectivity index (χ4n) is 0.718. The molecule has 1 heteroatoms. The van der Waals surface area contributed by atoms with Crippen molar-refractivity contribution < 1.29 is 4.58 Å². The summed E-state index contributed by atoms with van der Waals surface area (Å²) in [6.07, 6.45) is 4.06. The first kappa shape index (κ1) is 18.2. The van der Waals surface area contributed by atoms with Crippen LogP contribution in [0.1, 0.15) is 41.5 Å². The lowest BCUT2D eigenvalue weighted by molar-refractivity contribution is -0.462. The van der Waals surface area contributed by atoms with Gasteiger partial charge in [0.15, 0.2) is 0 Å². The highest BCUT2D eigenvalue weighted by atomic mass is 14.9. The molecule has 0 aromatic carbocycles. The molecule has 0 aromatic heterocycles. The normalized spacial score (nSPS) is 8.31. The monoisotopic (exact) mass is 186 g/mol. The maximum absolute atomic E-state index is 3.73. The van der Waals surface area contributed by atoms with Crippen molar-refractivity contribution in [2.24, 2.45) is 5.41 Å². The maximum Gasteiger partial charge on any atom is 0.148 e. The molecule has 0 saturated heterocycles. The quantitative estimate of drug-likeness (QED) is 0.352. The molecule has 0 aliphatic rings. The highest BCUT2D eigenvalue weighted by Crippen LogP contribution is 2.10. The summed E-state index contributed by atoms with van der Waals surface area (Å²) in [6.45, 7) is 16.0. The van der Waals surface area contributed by atoms with Gasteiger partial charge in [-0.1, -0.05) is 33.8 Å². The minimum atomic E-state index is 0.128. The molecular weight excluding hydrogens is 158 g/mol. The molecular formula is C12H28N+. The number of hydrogen-bond acceptors (Lipinski definition) is 0. The summed E-state index contributed by atoms with van der Waals surface area (Å²) in [5, 5.41) is 0. The van der Waals surface area contributed by atoms with Crippen molar-refractivity contribution in [3.05, 3.63) is 12.7 Å². The SMILES string of the molecule is C=CC(C)(C)C=[N+](C)C.CC.CC. The Bertz CT molecular complexity index is 128. The average molecular weight is 186 g/mol. The van der Waals surface area contributed by atoms with E-state index < -0.39 is 0 Å². The molecule has 0 unspecified atom stereocenters. The minimum absolute atomic E-state index is 0.128. The van der Waals surface area contributed by atoms with Crippen molar-refractivity contribution in [3.8, 4) is 0 Å². The van der Waals surface area contributed by atoms with E-state index in [4.69, 9.17) is 0 Å². The fraction of sp³-hybridized carbons (Fsp3) is 0.750. The number of rotatable bonds is 2. The number of nitrogens with zero attached hydrogens (tertiary/aromatic N) is 1. The Morgan fingerprint density at radius 3 is 1.38 bits per heavy atom. The molecule has 1 nitrogen and oxygen atoms in total. The first-order valence-corrected chi connectivity index (χ1v) is 5.14. The second kappa shape index (κ2) is 11.4. The van der Waals surface area contributed by atoms with Crippen molar-refractivity contribution in [2.45, 2.75) is 41.5 Å². The summed E-state index contributed by atoms with van der Waals surface area (Å²) in [5.74, 6) is 0. The molecule has 0 rings (SSSR count). The van der Waals surface area contributed by atoms with Crippen LogP contribution in [0.5, 0.6) is 0 Å². The van der Waals surface area contributed by atoms with Crippen LogP contribution in [0.15, 0.2) is 12.7 Å². The zero-order valence-corrected chi connectivity index (χ0v) is 10.8. The van der Waals surface area contributed by atoms with Crippen LogP contribution >= 0.6 is 0 Å². The molecule has 0 spiro atoms. The molecule has 80 valence electrons. The van der Waals surface area contributed by atoms with Crippen LogP contribution in [0.4, 0.5) is 0 Å². The van der Waals surface area contributed by atoms with Crippen molar-refractivity contribution in [2.75, 3.05) is 14.1 Å². The van der Waals surface area contributed by atoms with E-state index in [-0.39, 0.29) is 5.41 Å². The Morgan fingerprint density at radius 1 is 1.00 bits per heavy atom. The van der Waals surface area contributed by atoms with Gasteiger partial charge in [-0.15, -0.1) is 6.58 Å². The second-order valence-corrected chi connectivity index (χ2v) is 3.12. The minimum Gasteiger partial charge on any atom is -0.244 e. The molecule has 0 aromatic rings. The van der Waals surface area contributed by atoms with Crippen LogP contribution in [0.2, 0.25) is 0 Å². The molecule has 0 saturated carbocycles. The lowest BCUT2D eigenvalue weighted by Crippen LogP contribution is -2.15. The zero-order chi connectivity index (χ0) is 11.5. The van der Waals surface area contributed by atoms with Gasteiger partial charge < -0.3 is 0 Å². The van der Waals surface area contributed by atoms with Gasteiger partial charge in [0.1, 0.15) is 20.3 Å². The summed E-state index contributed by atoms with van der Waals surface area (Å²) in [6, 6.07) is 0. The van der Waals surface area contributed by atoms with Gasteiger partial charge in [-0.3, -0.25) is 0 Å². The fourth-order valence-corrected chi connectivity index (χ4v) is 0.718. The lowest BCUT2D eigenvalue weighted by Gasteiger charge is -2.08. The van der Waals surface area contributed by atoms with Gasteiger partial charge in [0.05, 0.1) is 5.41 Å². The van der Waals surface area contributed by atoms with Crippen LogP contribution in [-0.4, -0.2) is 24.9 Å². The van der Waals surface area contributed by atoms with E-state index in [0.29, 0.717) is 0 Å². The third kappa shape index (κ3) is 18.4. The molecule has 0 fully saturated rings. The van der Waals surface area contributed by atoms with Crippen LogP contribution < -0.4 is 0 Å². The summed E-state index contributed by atoms with van der Waals surface area (Å²) < 4.78 is 2.04. The van der Waals surface area contributed by atoms with E-state index in [0.717, 1.165) is 0 Å². The predicted octanol–water partition coefficient (Wildman–Crippen LogP) is 3.59. The van der Waals surface area contributed by atoms with Crippen LogP contribution in [-0.2, 0) is 0 Å². The molecule has 0 radical (unpaired) electrons. The molecule has 0 aliphatic carbocycles.